The van der Waals surface area contributed by atoms with Crippen LogP contribution >= 0.6 is 0 Å². The summed E-state index contributed by atoms with van der Waals surface area (Å²) in [6, 6.07) is 5.22. The van der Waals surface area contributed by atoms with Crippen molar-refractivity contribution in [2.24, 2.45) is 23.7 Å². The predicted molar refractivity (Wildman–Crippen MR) is 201 cm³/mol. The van der Waals surface area contributed by atoms with Crippen molar-refractivity contribution in [1.82, 2.24) is 25.5 Å². The van der Waals surface area contributed by atoms with E-state index in [9.17, 15) is 34.3 Å². The molecule has 9 atom stereocenters. The lowest BCUT2D eigenvalue weighted by atomic mass is 9.89. The van der Waals surface area contributed by atoms with Crippen LogP contribution in [0.4, 0.5) is 0 Å². The number of carbonyl (C=O) groups excluding carboxylic acids is 4. The van der Waals surface area contributed by atoms with Gasteiger partial charge in [-0.25, -0.2) is 4.79 Å². The van der Waals surface area contributed by atoms with Crippen LogP contribution in [0.3, 0.4) is 0 Å². The van der Waals surface area contributed by atoms with E-state index in [1.807, 2.05) is 59.7 Å². The molecule has 300 valence electrons. The van der Waals surface area contributed by atoms with Crippen LogP contribution in [0.1, 0.15) is 79.7 Å². The lowest BCUT2D eigenvalue weighted by Gasteiger charge is -2.41. The number of likely N-dealkylation sites (tertiary alicyclic amines) is 1. The average molecular weight is 748 g/mol. The zero-order chi connectivity index (χ0) is 40.2. The van der Waals surface area contributed by atoms with Crippen molar-refractivity contribution in [3.8, 4) is 0 Å². The largest absolute Gasteiger partial charge is 0.480 e. The first-order valence-corrected chi connectivity index (χ1v) is 18.8. The Morgan fingerprint density at radius 3 is 2.04 bits per heavy atom. The second-order valence-corrected chi connectivity index (χ2v) is 15.2. The maximum Gasteiger partial charge on any atom is 0.326 e. The van der Waals surface area contributed by atoms with Crippen LogP contribution < -0.4 is 10.6 Å². The number of hydrogen-bond donors (Lipinski definition) is 4. The average Bonchev–Trinajstić information content (AvgIpc) is 3.59. The Morgan fingerprint density at radius 2 is 1.55 bits per heavy atom. The number of carboxylic acids is 1. The quantitative estimate of drug-likeness (QED) is 0.137. The van der Waals surface area contributed by atoms with E-state index in [1.54, 1.807) is 35.9 Å². The van der Waals surface area contributed by atoms with Crippen LogP contribution in [-0.4, -0.2) is 132 Å². The molecule has 14 heteroatoms. The number of nitrogens with one attached hydrogen (secondary N) is 2. The fourth-order valence-electron chi connectivity index (χ4n) is 7.53. The highest BCUT2D eigenvalue weighted by atomic mass is 16.5. The number of hydrogen-bond acceptors (Lipinski definition) is 9. The Kier molecular flexibility index (Phi) is 18.3. The van der Waals surface area contributed by atoms with E-state index in [1.165, 1.54) is 21.3 Å². The van der Waals surface area contributed by atoms with Crippen LogP contribution in [-0.2, 0) is 39.9 Å². The summed E-state index contributed by atoms with van der Waals surface area (Å²) in [6.07, 6.45) is 0.651. The zero-order valence-corrected chi connectivity index (χ0v) is 33.6. The summed E-state index contributed by atoms with van der Waals surface area (Å²) in [5, 5.41) is 26.4. The van der Waals surface area contributed by atoms with Crippen molar-refractivity contribution >= 4 is 29.6 Å². The third-order valence-electron chi connectivity index (χ3n) is 10.7. The van der Waals surface area contributed by atoms with Gasteiger partial charge in [0.1, 0.15) is 18.1 Å². The van der Waals surface area contributed by atoms with Crippen molar-refractivity contribution in [1.29, 1.82) is 0 Å². The Bertz CT molecular complexity index is 1340. The monoisotopic (exact) mass is 747 g/mol. The number of methoxy groups -OCH3 is 2. The molecule has 0 radical (unpaired) electrons. The molecule has 53 heavy (non-hydrogen) atoms. The molecule has 1 heterocycles. The Morgan fingerprint density at radius 1 is 0.925 bits per heavy atom. The molecule has 1 fully saturated rings. The van der Waals surface area contributed by atoms with E-state index in [0.29, 0.717) is 25.8 Å². The number of carboxylic acid groups (broad SMARTS) is 1. The van der Waals surface area contributed by atoms with E-state index in [-0.39, 0.29) is 42.4 Å². The lowest BCUT2D eigenvalue weighted by Crippen LogP contribution is -2.59. The Labute approximate surface area is 315 Å². The molecule has 1 saturated heterocycles. The van der Waals surface area contributed by atoms with Gasteiger partial charge in [-0.1, -0.05) is 85.2 Å². The van der Waals surface area contributed by atoms with Crippen LogP contribution in [0, 0.1) is 23.7 Å². The van der Waals surface area contributed by atoms with Crippen LogP contribution in [0.25, 0.3) is 0 Å². The smallest absolute Gasteiger partial charge is 0.326 e. The molecule has 8 unspecified atom stereocenters. The molecule has 1 aliphatic heterocycles. The standard InChI is InChI=1S/C39H65N5O9/c1-12-25(6)34(42(8)38(48)32(23(2)3)41-37(47)33(24(4)5)43(9)51)30(52-10)22-31(45)44-20-16-19-29(44)35(53-11)26(7)36(46)40-28(39(49)50)21-27-17-14-13-15-18-27/h13-15,17-18,23-26,28-30,32-35,51H,12,16,19-22H2,1-11H3,(H,40,46)(H,41,47)(H,49,50)/t25?,26?,28?,29?,30?,32-,33?,34?,35?/m0/s1. The summed E-state index contributed by atoms with van der Waals surface area (Å²) < 4.78 is 11.8. The number of nitrogens with zero attached hydrogens (tertiary/aromatic N) is 3. The van der Waals surface area contributed by atoms with Crippen molar-refractivity contribution in [3.05, 3.63) is 35.9 Å². The van der Waals surface area contributed by atoms with Gasteiger partial charge in [0.15, 0.2) is 0 Å². The van der Waals surface area contributed by atoms with Gasteiger partial charge in [-0.05, 0) is 36.2 Å². The van der Waals surface area contributed by atoms with E-state index in [0.717, 1.165) is 10.6 Å². The highest BCUT2D eigenvalue weighted by Gasteiger charge is 2.43. The van der Waals surface area contributed by atoms with Crippen molar-refractivity contribution < 1.29 is 43.8 Å². The Balaban J connectivity index is 2.27. The fourth-order valence-corrected chi connectivity index (χ4v) is 7.53. The molecular formula is C39H65N5O9. The fraction of sp³-hybridized carbons (Fsp3) is 0.718. The molecule has 14 nitrogen and oxygen atoms in total. The van der Waals surface area contributed by atoms with Gasteiger partial charge < -0.3 is 40.2 Å². The molecule has 1 aromatic carbocycles. The molecule has 0 aromatic heterocycles. The number of rotatable bonds is 21. The highest BCUT2D eigenvalue weighted by molar-refractivity contribution is 5.90. The maximum absolute atomic E-state index is 14.1. The predicted octanol–water partition coefficient (Wildman–Crippen LogP) is 3.21. The molecule has 4 amide bonds. The van der Waals surface area contributed by atoms with Gasteiger partial charge in [0.05, 0.1) is 36.6 Å². The first-order chi connectivity index (χ1) is 24.9. The van der Waals surface area contributed by atoms with Crippen molar-refractivity contribution in [2.75, 3.05) is 34.9 Å². The van der Waals surface area contributed by atoms with Crippen LogP contribution in [0.5, 0.6) is 0 Å². The molecule has 2 rings (SSSR count). The van der Waals surface area contributed by atoms with E-state index >= 15 is 0 Å². The molecule has 1 aromatic rings. The minimum Gasteiger partial charge on any atom is -0.480 e. The van der Waals surface area contributed by atoms with Crippen molar-refractivity contribution in [2.45, 2.75) is 123 Å². The van der Waals surface area contributed by atoms with Gasteiger partial charge in [-0.15, -0.1) is 0 Å². The maximum atomic E-state index is 14.1. The summed E-state index contributed by atoms with van der Waals surface area (Å²) in [7, 11) is 6.06. The third kappa shape index (κ3) is 12.2. The third-order valence-corrected chi connectivity index (χ3v) is 10.7. The molecule has 0 bridgehead atoms. The first-order valence-electron chi connectivity index (χ1n) is 18.8. The van der Waals surface area contributed by atoms with Gasteiger partial charge in [-0.3, -0.25) is 19.2 Å². The lowest BCUT2D eigenvalue weighted by molar-refractivity contribution is -0.156. The van der Waals surface area contributed by atoms with Crippen LogP contribution in [0.2, 0.25) is 0 Å². The molecule has 0 spiro atoms. The number of carbonyl (C=O) groups is 5. The van der Waals surface area contributed by atoms with Gasteiger partial charge >= 0.3 is 5.97 Å². The highest BCUT2D eigenvalue weighted by Crippen LogP contribution is 2.30. The zero-order valence-electron chi connectivity index (χ0n) is 33.6. The number of ether oxygens (including phenoxy) is 2. The summed E-state index contributed by atoms with van der Waals surface area (Å²) in [6.45, 7) is 13.4. The van der Waals surface area contributed by atoms with Gasteiger partial charge in [0.2, 0.25) is 23.6 Å². The van der Waals surface area contributed by atoms with Crippen LogP contribution in [0.15, 0.2) is 30.3 Å². The molecule has 0 aliphatic carbocycles. The van der Waals surface area contributed by atoms with E-state index in [4.69, 9.17) is 9.47 Å². The first kappa shape index (κ1) is 45.6. The van der Waals surface area contributed by atoms with Crippen molar-refractivity contribution in [3.63, 3.8) is 0 Å². The molecular weight excluding hydrogens is 682 g/mol. The summed E-state index contributed by atoms with van der Waals surface area (Å²) in [5.41, 5.74) is 0.776. The minimum absolute atomic E-state index is 0.0434. The number of likely N-dealkylation sites (N-methyl/N-ethyl adjacent to an activating group) is 2. The Hall–Kier alpha value is -3.59. The number of aliphatic carboxylic acids is 1. The van der Waals surface area contributed by atoms with Gasteiger partial charge in [-0.2, -0.15) is 5.06 Å². The SMILES string of the molecule is CCC(C)C(C(CC(=O)N1CCCC1C(OC)C(C)C(=O)NC(Cc1ccccc1)C(=O)O)OC)N(C)C(=O)[C@@H](NC(=O)C(C(C)C)N(C)O)C(C)C. The number of amides is 4. The molecule has 4 N–H and O–H groups in total. The summed E-state index contributed by atoms with van der Waals surface area (Å²) in [5.74, 6) is -3.98. The van der Waals surface area contributed by atoms with E-state index in [2.05, 4.69) is 10.6 Å². The van der Waals surface area contributed by atoms with E-state index < -0.39 is 66.1 Å². The second kappa shape index (κ2) is 21.3. The number of hydroxylamine groups is 2. The van der Waals surface area contributed by atoms with Gasteiger partial charge in [0, 0.05) is 41.3 Å². The molecule has 0 saturated carbocycles. The summed E-state index contributed by atoms with van der Waals surface area (Å²) in [4.78, 5) is 70.3. The minimum atomic E-state index is -1.15. The normalized spacial score (nSPS) is 19.2. The second-order valence-electron chi connectivity index (χ2n) is 15.2. The topological polar surface area (TPSA) is 178 Å². The molecule has 1 aliphatic rings. The summed E-state index contributed by atoms with van der Waals surface area (Å²) >= 11 is 0. The van der Waals surface area contributed by atoms with Gasteiger partial charge in [0.25, 0.3) is 0 Å². The number of benzene rings is 1.